The molecule has 0 saturated carbocycles. The molecule has 0 heterocycles. The van der Waals surface area contributed by atoms with Crippen LogP contribution in [0.2, 0.25) is 0 Å². The minimum atomic E-state index is -0.191. The first-order valence-corrected chi connectivity index (χ1v) is 5.57. The lowest BCUT2D eigenvalue weighted by Crippen LogP contribution is -2.15. The topological polar surface area (TPSA) is 72.3 Å². The number of phenolic OH excluding ortho intramolecular Hbond substituents is 1. The van der Waals surface area contributed by atoms with Gasteiger partial charge in [-0.1, -0.05) is 26.3 Å². The van der Waals surface area contributed by atoms with Crippen molar-refractivity contribution < 1.29 is 5.11 Å². The van der Waals surface area contributed by atoms with Gasteiger partial charge in [-0.3, -0.25) is 0 Å². The average molecular weight is 236 g/mol. The van der Waals surface area contributed by atoms with E-state index >= 15 is 0 Å². The Morgan fingerprint density at radius 2 is 1.59 bits per heavy atom. The zero-order valence-corrected chi connectivity index (χ0v) is 11.5. The van der Waals surface area contributed by atoms with Gasteiger partial charge in [0, 0.05) is 5.56 Å². The van der Waals surface area contributed by atoms with Gasteiger partial charge < -0.3 is 16.6 Å². The van der Waals surface area contributed by atoms with Crippen molar-refractivity contribution in [3.63, 3.8) is 0 Å². The predicted molar refractivity (Wildman–Crippen MR) is 76.1 cm³/mol. The molecule has 1 rings (SSSR count). The van der Waals surface area contributed by atoms with Crippen LogP contribution in [0.25, 0.3) is 0 Å². The highest BCUT2D eigenvalue weighted by Crippen LogP contribution is 2.37. The van der Waals surface area contributed by atoms with Gasteiger partial charge in [-0.15, -0.1) is 6.58 Å². The quantitative estimate of drug-likeness (QED) is 0.367. The Morgan fingerprint density at radius 3 is 1.88 bits per heavy atom. The van der Waals surface area contributed by atoms with Gasteiger partial charge in [-0.05, 0) is 31.4 Å². The van der Waals surface area contributed by atoms with Crippen LogP contribution in [-0.4, -0.2) is 5.11 Å². The number of allylic oxidation sites excluding steroid dienone is 1. The van der Waals surface area contributed by atoms with E-state index < -0.39 is 0 Å². The van der Waals surface area contributed by atoms with Crippen LogP contribution in [0.3, 0.4) is 0 Å². The molecule has 0 aliphatic heterocycles. The molecule has 1 aromatic rings. The van der Waals surface area contributed by atoms with Gasteiger partial charge >= 0.3 is 0 Å². The molecular weight excluding hydrogens is 212 g/mol. The minimum absolute atomic E-state index is 0.191. The first-order valence-electron chi connectivity index (χ1n) is 5.57. The molecule has 3 heteroatoms. The summed E-state index contributed by atoms with van der Waals surface area (Å²) in [5.74, 6) is 0.208. The fourth-order valence-electron chi connectivity index (χ4n) is 1.41. The Morgan fingerprint density at radius 1 is 1.18 bits per heavy atom. The van der Waals surface area contributed by atoms with Crippen LogP contribution in [0.15, 0.2) is 24.3 Å². The summed E-state index contributed by atoms with van der Waals surface area (Å²) in [4.78, 5) is 0. The van der Waals surface area contributed by atoms with Crippen molar-refractivity contribution in [2.75, 3.05) is 11.5 Å². The Balaban J connectivity index is 0.000000557. The molecule has 5 N–H and O–H groups in total. The highest BCUT2D eigenvalue weighted by Gasteiger charge is 2.22. The first kappa shape index (κ1) is 15.4. The molecule has 0 aliphatic rings. The van der Waals surface area contributed by atoms with E-state index in [2.05, 4.69) is 6.58 Å². The predicted octanol–water partition coefficient (Wildman–Crippen LogP) is 3.44. The number of aromatic hydroxyl groups is 1. The third kappa shape index (κ3) is 4.81. The Bertz CT molecular complexity index is 399. The molecule has 0 saturated heterocycles. The lowest BCUT2D eigenvalue weighted by molar-refractivity contribution is 0.448. The van der Waals surface area contributed by atoms with Gasteiger partial charge in [-0.2, -0.15) is 0 Å². The van der Waals surface area contributed by atoms with Crippen LogP contribution in [0.1, 0.15) is 40.2 Å². The molecule has 0 aliphatic carbocycles. The summed E-state index contributed by atoms with van der Waals surface area (Å²) in [6.45, 7) is 13.5. The zero-order valence-electron chi connectivity index (χ0n) is 11.5. The van der Waals surface area contributed by atoms with Gasteiger partial charge in [-0.25, -0.2) is 0 Å². The Kier molecular flexibility index (Phi) is 5.08. The molecule has 0 radical (unpaired) electrons. The number of nitrogen functional groups attached to an aromatic ring is 2. The summed E-state index contributed by atoms with van der Waals surface area (Å²) in [7, 11) is 0. The molecule has 3 nitrogen and oxygen atoms in total. The zero-order chi connectivity index (χ0) is 13.8. The van der Waals surface area contributed by atoms with Crippen LogP contribution in [0, 0.1) is 0 Å². The molecule has 0 fully saturated rings. The van der Waals surface area contributed by atoms with Crippen molar-refractivity contribution in [2.24, 2.45) is 0 Å². The van der Waals surface area contributed by atoms with E-state index in [0.717, 1.165) is 0 Å². The molecule has 0 spiro atoms. The van der Waals surface area contributed by atoms with Crippen LogP contribution in [0.4, 0.5) is 11.4 Å². The van der Waals surface area contributed by atoms with Gasteiger partial charge in [0.1, 0.15) is 5.75 Å². The molecule has 0 atom stereocenters. The summed E-state index contributed by atoms with van der Waals surface area (Å²) >= 11 is 0. The second kappa shape index (κ2) is 5.62. The molecular formula is C14H24N2O. The van der Waals surface area contributed by atoms with Gasteiger partial charge in [0.25, 0.3) is 0 Å². The van der Waals surface area contributed by atoms with Crippen LogP contribution in [0.5, 0.6) is 5.75 Å². The van der Waals surface area contributed by atoms with E-state index in [9.17, 15) is 5.11 Å². The van der Waals surface area contributed by atoms with E-state index in [1.54, 1.807) is 12.1 Å². The maximum absolute atomic E-state index is 9.62. The van der Waals surface area contributed by atoms with Crippen molar-refractivity contribution >= 4 is 11.4 Å². The fraction of sp³-hybridized carbons (Fsp3) is 0.429. The third-order valence-corrected chi connectivity index (χ3v) is 2.01. The highest BCUT2D eigenvalue weighted by atomic mass is 16.3. The largest absolute Gasteiger partial charge is 0.508 e. The van der Waals surface area contributed by atoms with E-state index in [1.807, 2.05) is 34.6 Å². The lowest BCUT2D eigenvalue weighted by Gasteiger charge is -2.23. The Hall–Kier alpha value is -1.64. The second-order valence-corrected chi connectivity index (χ2v) is 5.42. The van der Waals surface area contributed by atoms with Crippen molar-refractivity contribution in [1.29, 1.82) is 0 Å². The van der Waals surface area contributed by atoms with Crippen LogP contribution in [-0.2, 0) is 5.41 Å². The standard InChI is InChI=1S/C10H16N2O.C4H8/c1-10(2,3)8-7(13)5-4-6(11)9(8)12;1-4(2)3/h4-5,13H,11-12H2,1-3H3;1H2,2-3H3. The van der Waals surface area contributed by atoms with Gasteiger partial charge in [0.05, 0.1) is 11.4 Å². The molecule has 0 amide bonds. The summed E-state index contributed by atoms with van der Waals surface area (Å²) in [6, 6.07) is 3.19. The van der Waals surface area contributed by atoms with Crippen molar-refractivity contribution in [3.05, 3.63) is 29.8 Å². The third-order valence-electron chi connectivity index (χ3n) is 2.01. The van der Waals surface area contributed by atoms with Gasteiger partial charge in [0.2, 0.25) is 0 Å². The number of hydrogen-bond acceptors (Lipinski definition) is 3. The number of benzene rings is 1. The summed E-state index contributed by atoms with van der Waals surface area (Å²) in [5.41, 5.74) is 14.1. The molecule has 0 unspecified atom stereocenters. The smallest absolute Gasteiger partial charge is 0.121 e. The summed E-state index contributed by atoms with van der Waals surface area (Å²) in [5, 5.41) is 9.62. The highest BCUT2D eigenvalue weighted by molar-refractivity contribution is 5.72. The van der Waals surface area contributed by atoms with E-state index in [-0.39, 0.29) is 11.2 Å². The van der Waals surface area contributed by atoms with Crippen LogP contribution < -0.4 is 11.5 Å². The van der Waals surface area contributed by atoms with Crippen molar-refractivity contribution in [2.45, 2.75) is 40.0 Å². The number of hydrogen-bond donors (Lipinski definition) is 3. The summed E-state index contributed by atoms with van der Waals surface area (Å²) in [6.07, 6.45) is 0. The van der Waals surface area contributed by atoms with E-state index in [0.29, 0.717) is 16.9 Å². The van der Waals surface area contributed by atoms with E-state index in [4.69, 9.17) is 11.5 Å². The molecule has 0 bridgehead atoms. The minimum Gasteiger partial charge on any atom is -0.508 e. The number of rotatable bonds is 0. The number of nitrogens with two attached hydrogens (primary N) is 2. The molecule has 0 aromatic heterocycles. The number of phenols is 1. The van der Waals surface area contributed by atoms with E-state index in [1.165, 1.54) is 5.57 Å². The normalized spacial score (nSPS) is 10.4. The lowest BCUT2D eigenvalue weighted by atomic mass is 9.84. The Labute approximate surface area is 104 Å². The van der Waals surface area contributed by atoms with Crippen molar-refractivity contribution in [1.82, 2.24) is 0 Å². The molecule has 17 heavy (non-hydrogen) atoms. The van der Waals surface area contributed by atoms with Crippen LogP contribution >= 0.6 is 0 Å². The van der Waals surface area contributed by atoms with Gasteiger partial charge in [0.15, 0.2) is 0 Å². The monoisotopic (exact) mass is 236 g/mol. The average Bonchev–Trinajstić information content (AvgIpc) is 2.09. The SMILES string of the molecule is C=C(C)C.CC(C)(C)c1c(O)ccc(N)c1N. The fourth-order valence-corrected chi connectivity index (χ4v) is 1.41. The molecule has 1 aromatic carbocycles. The summed E-state index contributed by atoms with van der Waals surface area (Å²) < 4.78 is 0. The van der Waals surface area contributed by atoms with Crippen molar-refractivity contribution in [3.8, 4) is 5.75 Å². The number of anilines is 2. The maximum Gasteiger partial charge on any atom is 0.121 e. The second-order valence-electron chi connectivity index (χ2n) is 5.42. The molecule has 96 valence electrons. The first-order chi connectivity index (χ1) is 7.57. The maximum atomic E-state index is 9.62.